The number of hydrogen-bond acceptors (Lipinski definition) is 2. The molecule has 2 rings (SSSR count). The Morgan fingerprint density at radius 2 is 2.00 bits per heavy atom. The molecule has 0 unspecified atom stereocenters. The molecule has 0 fully saturated rings. The zero-order chi connectivity index (χ0) is 11.2. The van der Waals surface area contributed by atoms with Gasteiger partial charge in [0.25, 0.3) is 0 Å². The van der Waals surface area contributed by atoms with Crippen LogP contribution in [0.5, 0.6) is 0 Å². The van der Waals surface area contributed by atoms with Gasteiger partial charge in [-0.05, 0) is 39.8 Å². The predicted octanol–water partition coefficient (Wildman–Crippen LogP) is 4.11. The quantitative estimate of drug-likeness (QED) is 0.634. The van der Waals surface area contributed by atoms with Crippen LogP contribution in [0.1, 0.15) is 36.1 Å². The maximum Gasteiger partial charge on any atom is 0.0426 e. The third-order valence-corrected chi connectivity index (χ3v) is 3.60. The van der Waals surface area contributed by atoms with Crippen molar-refractivity contribution in [1.29, 1.82) is 0 Å². The maximum atomic E-state index is 4.20. The van der Waals surface area contributed by atoms with E-state index in [0.29, 0.717) is 0 Å². The highest BCUT2D eigenvalue weighted by Crippen LogP contribution is 2.37. The summed E-state index contributed by atoms with van der Waals surface area (Å²) in [5.41, 5.74) is 2.50. The molecule has 1 aliphatic rings. The molecule has 1 aromatic rings. The predicted molar refractivity (Wildman–Crippen MR) is 68.7 cm³/mol. The summed E-state index contributed by atoms with van der Waals surface area (Å²) < 4.78 is 0. The van der Waals surface area contributed by atoms with E-state index in [0.717, 1.165) is 5.70 Å². The van der Waals surface area contributed by atoms with Gasteiger partial charge in [0.05, 0.1) is 0 Å². The first-order valence-electron chi connectivity index (χ1n) is 5.17. The van der Waals surface area contributed by atoms with Crippen molar-refractivity contribution < 1.29 is 0 Å². The second kappa shape index (κ2) is 3.24. The van der Waals surface area contributed by atoms with E-state index in [9.17, 15) is 0 Å². The van der Waals surface area contributed by atoms with Crippen molar-refractivity contribution in [3.8, 4) is 0 Å². The average Bonchev–Trinajstić information content (AvgIpc) is 2.44. The van der Waals surface area contributed by atoms with Crippen LogP contribution in [-0.2, 0) is 0 Å². The van der Waals surface area contributed by atoms with Crippen molar-refractivity contribution in [3.05, 3.63) is 34.2 Å². The van der Waals surface area contributed by atoms with E-state index in [1.165, 1.54) is 15.3 Å². The van der Waals surface area contributed by atoms with Gasteiger partial charge < -0.3 is 4.90 Å². The van der Waals surface area contributed by atoms with Crippen LogP contribution < -0.4 is 0 Å². The Balaban J connectivity index is 2.45. The molecular formula is C13H17NS. The van der Waals surface area contributed by atoms with Gasteiger partial charge in [0.1, 0.15) is 0 Å². The van der Waals surface area contributed by atoms with Crippen LogP contribution in [0.4, 0.5) is 0 Å². The molecule has 1 nitrogen and oxygen atoms in total. The summed E-state index contributed by atoms with van der Waals surface area (Å²) in [5.74, 6) is 0. The molecule has 2 heteroatoms. The lowest BCUT2D eigenvalue weighted by atomic mass is 10.0. The highest BCUT2D eigenvalue weighted by Gasteiger charge is 2.25. The summed E-state index contributed by atoms with van der Waals surface area (Å²) in [4.78, 5) is 4.92. The Morgan fingerprint density at radius 1 is 1.33 bits per heavy atom. The Kier molecular flexibility index (Phi) is 2.27. The van der Waals surface area contributed by atoms with Crippen LogP contribution in [0, 0.1) is 6.92 Å². The number of aryl methyl sites for hydroxylation is 1. The van der Waals surface area contributed by atoms with Gasteiger partial charge in [-0.25, -0.2) is 0 Å². The number of rotatable bonds is 0. The second-order valence-electron chi connectivity index (χ2n) is 4.94. The van der Waals surface area contributed by atoms with Crippen molar-refractivity contribution in [2.24, 2.45) is 0 Å². The molecule has 0 N–H and O–H groups in total. The fourth-order valence-corrected chi connectivity index (χ4v) is 2.81. The summed E-state index contributed by atoms with van der Waals surface area (Å²) in [6.45, 7) is 12.9. The topological polar surface area (TPSA) is 3.24 Å². The normalized spacial score (nSPS) is 15.7. The summed E-state index contributed by atoms with van der Waals surface area (Å²) >= 11 is 1.83. The summed E-state index contributed by atoms with van der Waals surface area (Å²) in [6.07, 6.45) is 4.33. The lowest BCUT2D eigenvalue weighted by Crippen LogP contribution is -2.36. The molecule has 0 radical (unpaired) electrons. The Labute approximate surface area is 95.7 Å². The molecule has 1 aromatic heterocycles. The summed E-state index contributed by atoms with van der Waals surface area (Å²) in [5, 5.41) is 0. The van der Waals surface area contributed by atoms with Crippen molar-refractivity contribution in [2.75, 3.05) is 0 Å². The van der Waals surface area contributed by atoms with E-state index in [1.54, 1.807) is 0 Å². The van der Waals surface area contributed by atoms with Gasteiger partial charge in [-0.15, -0.1) is 11.3 Å². The zero-order valence-electron chi connectivity index (χ0n) is 9.79. The number of thiophene rings is 1. The monoisotopic (exact) mass is 219 g/mol. The first-order valence-corrected chi connectivity index (χ1v) is 5.98. The Bertz CT molecular complexity index is 432. The van der Waals surface area contributed by atoms with E-state index in [2.05, 4.69) is 57.5 Å². The zero-order valence-corrected chi connectivity index (χ0v) is 10.6. The van der Waals surface area contributed by atoms with Crippen molar-refractivity contribution in [1.82, 2.24) is 4.90 Å². The SMILES string of the molecule is C=C1c2cc(C)sc2C=CN1C(C)(C)C. The Hall–Kier alpha value is -1.02. The van der Waals surface area contributed by atoms with Gasteiger partial charge in [-0.1, -0.05) is 6.58 Å². The minimum Gasteiger partial charge on any atom is -0.343 e. The molecule has 0 amide bonds. The maximum absolute atomic E-state index is 4.20. The van der Waals surface area contributed by atoms with E-state index in [4.69, 9.17) is 0 Å². The fourth-order valence-electron chi connectivity index (χ4n) is 1.87. The van der Waals surface area contributed by atoms with Crippen molar-refractivity contribution >= 4 is 23.1 Å². The van der Waals surface area contributed by atoms with Crippen LogP contribution in [0.2, 0.25) is 0 Å². The van der Waals surface area contributed by atoms with Gasteiger partial charge >= 0.3 is 0 Å². The molecule has 0 spiro atoms. The van der Waals surface area contributed by atoms with Crippen LogP contribution in [0.25, 0.3) is 11.8 Å². The molecule has 80 valence electrons. The van der Waals surface area contributed by atoms with E-state index in [1.807, 2.05) is 11.3 Å². The largest absolute Gasteiger partial charge is 0.343 e. The third-order valence-electron chi connectivity index (χ3n) is 2.58. The summed E-state index contributed by atoms with van der Waals surface area (Å²) in [6, 6.07) is 2.23. The van der Waals surface area contributed by atoms with Crippen LogP contribution in [0.3, 0.4) is 0 Å². The van der Waals surface area contributed by atoms with Crippen LogP contribution >= 0.6 is 11.3 Å². The van der Waals surface area contributed by atoms with E-state index < -0.39 is 0 Å². The highest BCUT2D eigenvalue weighted by molar-refractivity contribution is 7.13. The van der Waals surface area contributed by atoms with Gasteiger partial charge in [-0.3, -0.25) is 0 Å². The second-order valence-corrected chi connectivity index (χ2v) is 6.23. The van der Waals surface area contributed by atoms with Crippen LogP contribution in [-0.4, -0.2) is 10.4 Å². The smallest absolute Gasteiger partial charge is 0.0426 e. The average molecular weight is 219 g/mol. The van der Waals surface area contributed by atoms with Gasteiger partial charge in [-0.2, -0.15) is 0 Å². The first-order chi connectivity index (χ1) is 6.89. The third kappa shape index (κ3) is 1.74. The van der Waals surface area contributed by atoms with E-state index in [-0.39, 0.29) is 5.54 Å². The molecular weight excluding hydrogens is 202 g/mol. The number of nitrogens with zero attached hydrogens (tertiary/aromatic N) is 1. The van der Waals surface area contributed by atoms with E-state index >= 15 is 0 Å². The standard InChI is InChI=1S/C13H17NS/c1-9-8-11-10(2)14(13(3,4)5)7-6-12(11)15-9/h6-8H,2H2,1,3-5H3. The first kappa shape index (κ1) is 10.5. The minimum absolute atomic E-state index is 0.0983. The molecule has 2 heterocycles. The van der Waals surface area contributed by atoms with Crippen molar-refractivity contribution in [2.45, 2.75) is 33.2 Å². The molecule has 0 bridgehead atoms. The number of hydrogen-bond donors (Lipinski definition) is 0. The lowest BCUT2D eigenvalue weighted by molar-refractivity contribution is 0.297. The molecule has 0 saturated carbocycles. The van der Waals surface area contributed by atoms with Crippen LogP contribution in [0.15, 0.2) is 18.8 Å². The van der Waals surface area contributed by atoms with Gasteiger partial charge in [0.2, 0.25) is 0 Å². The molecule has 0 saturated heterocycles. The number of fused-ring (bicyclic) bond motifs is 1. The highest BCUT2D eigenvalue weighted by atomic mass is 32.1. The Morgan fingerprint density at radius 3 is 2.60 bits per heavy atom. The lowest BCUT2D eigenvalue weighted by Gasteiger charge is -2.37. The molecule has 0 aliphatic carbocycles. The summed E-state index contributed by atoms with van der Waals surface area (Å²) in [7, 11) is 0. The molecule has 15 heavy (non-hydrogen) atoms. The fraction of sp³-hybridized carbons (Fsp3) is 0.385. The minimum atomic E-state index is 0.0983. The van der Waals surface area contributed by atoms with Gasteiger partial charge in [0, 0.05) is 32.8 Å². The molecule has 0 aromatic carbocycles. The molecule has 1 aliphatic heterocycles. The molecule has 0 atom stereocenters. The van der Waals surface area contributed by atoms with Crippen molar-refractivity contribution in [3.63, 3.8) is 0 Å². The van der Waals surface area contributed by atoms with Gasteiger partial charge in [0.15, 0.2) is 0 Å².